The van der Waals surface area contributed by atoms with Gasteiger partial charge >= 0.3 is 0 Å². The molecule has 0 spiro atoms. The molecule has 4 N–H and O–H groups in total. The number of likely N-dealkylation sites (tertiary alicyclic amines) is 1. The van der Waals surface area contributed by atoms with Crippen LogP contribution in [0.4, 0.5) is 14.6 Å². The maximum Gasteiger partial charge on any atom is 0.257 e. The molecule has 3 fully saturated rings. The van der Waals surface area contributed by atoms with Crippen molar-refractivity contribution in [2.75, 3.05) is 25.4 Å². The van der Waals surface area contributed by atoms with E-state index in [2.05, 4.69) is 22.4 Å². The highest BCUT2D eigenvalue weighted by atomic mass is 19.3. The Bertz CT molecular complexity index is 1060. The lowest BCUT2D eigenvalue weighted by Crippen LogP contribution is -2.38. The zero-order valence-electron chi connectivity index (χ0n) is 19.4. The van der Waals surface area contributed by atoms with Crippen molar-refractivity contribution >= 4 is 11.7 Å². The second-order valence-corrected chi connectivity index (χ2v) is 10.5. The summed E-state index contributed by atoms with van der Waals surface area (Å²) >= 11 is 0. The number of halogens is 2. The van der Waals surface area contributed by atoms with Gasteiger partial charge in [0.05, 0.1) is 18.2 Å². The largest absolute Gasteiger partial charge is 0.393 e. The summed E-state index contributed by atoms with van der Waals surface area (Å²) < 4.78 is 26.9. The number of piperidine rings is 1. The number of amides is 1. The molecular weight excluding hydrogens is 438 g/mol. The van der Waals surface area contributed by atoms with Gasteiger partial charge in [-0.15, -0.1) is 0 Å². The number of hydrogen-bond acceptors (Lipinski definition) is 5. The number of carbonyl (C=O) groups excluding carboxylic acids is 1. The number of nitrogens with one attached hydrogen (secondary N) is 1. The summed E-state index contributed by atoms with van der Waals surface area (Å²) in [4.78, 5) is 19.0. The number of fused-ring (bicyclic) bond motifs is 1. The first-order valence-corrected chi connectivity index (χ1v) is 12.1. The molecule has 6 nitrogen and oxygen atoms in total. The number of carbonyl (C=O) groups is 1. The van der Waals surface area contributed by atoms with Crippen molar-refractivity contribution in [3.05, 3.63) is 47.7 Å². The topological polar surface area (TPSA) is 91.5 Å². The van der Waals surface area contributed by atoms with Gasteiger partial charge in [0.1, 0.15) is 5.82 Å². The summed E-state index contributed by atoms with van der Waals surface area (Å²) in [6.07, 6.45) is 5.30. The van der Waals surface area contributed by atoms with Gasteiger partial charge in [-0.05, 0) is 55.2 Å². The average Bonchev–Trinajstić information content (AvgIpc) is 3.36. The van der Waals surface area contributed by atoms with Gasteiger partial charge in [-0.3, -0.25) is 9.69 Å². The summed E-state index contributed by atoms with van der Waals surface area (Å²) in [6.45, 7) is 2.19. The number of alkyl halides is 2. The number of nitrogen functional groups attached to an aromatic ring is 1. The second kappa shape index (κ2) is 8.57. The van der Waals surface area contributed by atoms with E-state index in [-0.39, 0.29) is 35.8 Å². The molecule has 0 radical (unpaired) electrons. The molecule has 182 valence electrons. The van der Waals surface area contributed by atoms with Crippen LogP contribution in [-0.2, 0) is 5.41 Å². The third-order valence-electron chi connectivity index (χ3n) is 7.71. The van der Waals surface area contributed by atoms with Crippen LogP contribution in [0.25, 0.3) is 11.1 Å². The van der Waals surface area contributed by atoms with Crippen LogP contribution in [0.5, 0.6) is 0 Å². The zero-order chi connectivity index (χ0) is 24.1. The summed E-state index contributed by atoms with van der Waals surface area (Å²) in [5.41, 5.74) is 9.26. The van der Waals surface area contributed by atoms with Crippen LogP contribution in [0.3, 0.4) is 0 Å². The summed E-state index contributed by atoms with van der Waals surface area (Å²) in [5, 5.41) is 12.7. The van der Waals surface area contributed by atoms with Gasteiger partial charge in [-0.1, -0.05) is 24.3 Å². The van der Waals surface area contributed by atoms with Crippen molar-refractivity contribution in [2.24, 2.45) is 5.92 Å². The van der Waals surface area contributed by atoms with E-state index in [0.29, 0.717) is 30.9 Å². The molecule has 1 saturated heterocycles. The molecule has 8 heteroatoms. The number of aromatic nitrogens is 1. The molecular formula is C26H32F2N4O2. The van der Waals surface area contributed by atoms with E-state index in [4.69, 9.17) is 5.73 Å². The SMILES string of the molecule is CC(F)(F)CN1C[C@@H]2C[C@]2(c2ccc(-c3cnc(N)c(C(=O)NC4CCC(O)CC4)c3)cc2)C1. The minimum atomic E-state index is -2.67. The van der Waals surface area contributed by atoms with E-state index in [1.165, 1.54) is 5.56 Å². The number of aliphatic hydroxyl groups is 1. The van der Waals surface area contributed by atoms with Gasteiger partial charge in [0.2, 0.25) is 0 Å². The predicted octanol–water partition coefficient (Wildman–Crippen LogP) is 3.59. The summed E-state index contributed by atoms with van der Waals surface area (Å²) in [7, 11) is 0. The fourth-order valence-electron chi connectivity index (χ4n) is 5.84. The highest BCUT2D eigenvalue weighted by Gasteiger charge is 2.61. The molecule has 0 unspecified atom stereocenters. The zero-order valence-corrected chi connectivity index (χ0v) is 19.4. The number of benzene rings is 1. The first kappa shape index (κ1) is 23.2. The molecule has 2 saturated carbocycles. The van der Waals surface area contributed by atoms with Crippen LogP contribution in [0.15, 0.2) is 36.5 Å². The Morgan fingerprint density at radius 1 is 1.24 bits per heavy atom. The van der Waals surface area contributed by atoms with Crippen molar-refractivity contribution in [3.8, 4) is 11.1 Å². The standard InChI is InChI=1S/C26H32F2N4O2/c1-25(27,28)14-32-13-19-11-26(19,15-32)18-4-2-16(3-5-18)17-10-22(23(29)30-12-17)24(34)31-20-6-8-21(33)9-7-20/h2-5,10,12,19-21,33H,6-9,11,13-15H2,1H3,(H2,29,30)(H,31,34)/t19-,20?,21?,26+/m0/s1. The maximum atomic E-state index is 13.5. The lowest BCUT2D eigenvalue weighted by molar-refractivity contribution is -0.0116. The van der Waals surface area contributed by atoms with Gasteiger partial charge in [0.15, 0.2) is 0 Å². The molecule has 2 atom stereocenters. The Balaban J connectivity index is 1.28. The Labute approximate surface area is 198 Å². The van der Waals surface area contributed by atoms with E-state index >= 15 is 0 Å². The average molecular weight is 471 g/mol. The molecule has 0 bridgehead atoms. The quantitative estimate of drug-likeness (QED) is 0.600. The van der Waals surface area contributed by atoms with Crippen LogP contribution in [0.1, 0.15) is 54.9 Å². The normalized spacial score (nSPS) is 29.0. The minimum Gasteiger partial charge on any atom is -0.393 e. The van der Waals surface area contributed by atoms with Crippen LogP contribution in [-0.4, -0.2) is 58.6 Å². The van der Waals surface area contributed by atoms with Crippen molar-refractivity contribution in [1.82, 2.24) is 15.2 Å². The van der Waals surface area contributed by atoms with Crippen LogP contribution < -0.4 is 11.1 Å². The lowest BCUT2D eigenvalue weighted by Gasteiger charge is -2.26. The van der Waals surface area contributed by atoms with Gasteiger partial charge in [0, 0.05) is 43.2 Å². The van der Waals surface area contributed by atoms with E-state index < -0.39 is 5.92 Å². The smallest absolute Gasteiger partial charge is 0.257 e. The Morgan fingerprint density at radius 3 is 2.62 bits per heavy atom. The molecule has 2 aromatic rings. The first-order valence-electron chi connectivity index (χ1n) is 12.1. The molecule has 1 aromatic carbocycles. The number of rotatable bonds is 6. The van der Waals surface area contributed by atoms with Crippen LogP contribution in [0, 0.1) is 5.92 Å². The molecule has 3 aliphatic rings. The molecule has 2 heterocycles. The number of pyridine rings is 1. The molecule has 1 aliphatic heterocycles. The van der Waals surface area contributed by atoms with Gasteiger partial charge in [-0.25, -0.2) is 13.8 Å². The third-order valence-corrected chi connectivity index (χ3v) is 7.71. The number of aliphatic hydroxyl groups excluding tert-OH is 1. The predicted molar refractivity (Wildman–Crippen MR) is 127 cm³/mol. The highest BCUT2D eigenvalue weighted by Crippen LogP contribution is 2.59. The van der Waals surface area contributed by atoms with E-state index in [1.807, 2.05) is 17.0 Å². The second-order valence-electron chi connectivity index (χ2n) is 10.5. The van der Waals surface area contributed by atoms with E-state index in [9.17, 15) is 18.7 Å². The molecule has 1 amide bonds. The van der Waals surface area contributed by atoms with Crippen molar-refractivity contribution in [3.63, 3.8) is 0 Å². The maximum absolute atomic E-state index is 13.5. The first-order chi connectivity index (χ1) is 16.1. The van der Waals surface area contributed by atoms with Gasteiger partial charge in [0.25, 0.3) is 11.8 Å². The van der Waals surface area contributed by atoms with E-state index in [1.54, 1.807) is 12.3 Å². The molecule has 5 rings (SSSR count). The van der Waals surface area contributed by atoms with Crippen LogP contribution >= 0.6 is 0 Å². The summed E-state index contributed by atoms with van der Waals surface area (Å²) in [5.74, 6) is -2.29. The lowest BCUT2D eigenvalue weighted by atomic mass is 9.92. The molecule has 2 aliphatic carbocycles. The molecule has 1 aromatic heterocycles. The fourth-order valence-corrected chi connectivity index (χ4v) is 5.84. The van der Waals surface area contributed by atoms with E-state index in [0.717, 1.165) is 43.9 Å². The number of nitrogens with two attached hydrogens (primary N) is 1. The Kier molecular flexibility index (Phi) is 5.84. The monoisotopic (exact) mass is 470 g/mol. The Morgan fingerprint density at radius 2 is 1.94 bits per heavy atom. The number of anilines is 1. The number of hydrogen-bond donors (Lipinski definition) is 3. The fraction of sp³-hybridized carbons (Fsp3) is 0.538. The highest BCUT2D eigenvalue weighted by molar-refractivity contribution is 5.99. The van der Waals surface area contributed by atoms with Crippen molar-refractivity contribution in [1.29, 1.82) is 0 Å². The minimum absolute atomic E-state index is 0.0121. The van der Waals surface area contributed by atoms with Crippen LogP contribution in [0.2, 0.25) is 0 Å². The molecule has 34 heavy (non-hydrogen) atoms. The Hall–Kier alpha value is -2.58. The van der Waals surface area contributed by atoms with Crippen molar-refractivity contribution in [2.45, 2.75) is 62.5 Å². The van der Waals surface area contributed by atoms with Crippen molar-refractivity contribution < 1.29 is 18.7 Å². The summed E-state index contributed by atoms with van der Waals surface area (Å²) in [6, 6.07) is 9.96. The third kappa shape index (κ3) is 4.66. The number of nitrogens with zero attached hydrogens (tertiary/aromatic N) is 2. The van der Waals surface area contributed by atoms with Gasteiger partial charge in [-0.2, -0.15) is 0 Å². The van der Waals surface area contributed by atoms with Gasteiger partial charge < -0.3 is 16.2 Å².